The Morgan fingerprint density at radius 3 is 2.68 bits per heavy atom. The van der Waals surface area contributed by atoms with Crippen LogP contribution in [0.3, 0.4) is 0 Å². The molecular formula is C26H25N5O3. The highest BCUT2D eigenvalue weighted by Gasteiger charge is 2.24. The number of carbonyl (C=O) groups excluding carboxylic acids is 2. The van der Waals surface area contributed by atoms with Crippen LogP contribution in [0.2, 0.25) is 0 Å². The fraction of sp³-hybridized carbons (Fsp3) is 0.231. The maximum absolute atomic E-state index is 12.8. The SMILES string of the molecule is Cc1ccc(CNC(=O)c2ccc3nn(CC(=O)N[C@@H]4CCc5ccccc54)c(=O)n3c2)cc1. The van der Waals surface area contributed by atoms with Crippen LogP contribution in [0.15, 0.2) is 71.7 Å². The normalized spacial score (nSPS) is 14.7. The van der Waals surface area contributed by atoms with Gasteiger partial charge >= 0.3 is 5.69 Å². The number of hydrogen-bond donors (Lipinski definition) is 2. The van der Waals surface area contributed by atoms with Crippen molar-refractivity contribution in [2.24, 2.45) is 0 Å². The second-order valence-corrected chi connectivity index (χ2v) is 8.61. The number of aromatic nitrogens is 3. The minimum absolute atomic E-state index is 0.0553. The van der Waals surface area contributed by atoms with Crippen molar-refractivity contribution < 1.29 is 9.59 Å². The van der Waals surface area contributed by atoms with Crippen molar-refractivity contribution in [1.29, 1.82) is 0 Å². The molecule has 0 radical (unpaired) electrons. The number of nitrogens with zero attached hydrogens (tertiary/aromatic N) is 3. The number of aryl methyl sites for hydroxylation is 2. The number of carbonyl (C=O) groups is 2. The van der Waals surface area contributed by atoms with Gasteiger partial charge in [-0.1, -0.05) is 54.1 Å². The second-order valence-electron chi connectivity index (χ2n) is 8.61. The van der Waals surface area contributed by atoms with Gasteiger partial charge in [-0.25, -0.2) is 13.9 Å². The Balaban J connectivity index is 1.27. The lowest BCUT2D eigenvalue weighted by atomic mass is 10.1. The van der Waals surface area contributed by atoms with Gasteiger partial charge in [0, 0.05) is 12.7 Å². The molecule has 1 aliphatic carbocycles. The summed E-state index contributed by atoms with van der Waals surface area (Å²) in [5.41, 5.74) is 4.75. The van der Waals surface area contributed by atoms with Crippen molar-refractivity contribution >= 4 is 17.5 Å². The van der Waals surface area contributed by atoms with E-state index >= 15 is 0 Å². The molecule has 4 aromatic rings. The van der Waals surface area contributed by atoms with Crippen LogP contribution in [-0.4, -0.2) is 26.0 Å². The van der Waals surface area contributed by atoms with Gasteiger partial charge in [-0.15, -0.1) is 5.10 Å². The van der Waals surface area contributed by atoms with Gasteiger partial charge in [0.15, 0.2) is 5.65 Å². The van der Waals surface area contributed by atoms with E-state index in [0.717, 1.165) is 34.2 Å². The topological polar surface area (TPSA) is 97.5 Å². The standard InChI is InChI=1S/C26H25N5O3/c1-17-6-8-18(9-7-17)14-27-25(33)20-11-13-23-29-31(26(34)30(23)15-20)16-24(32)28-22-12-10-19-4-2-3-5-21(19)22/h2-9,11,13,15,22H,10,12,14,16H2,1H3,(H,27,33)(H,28,32)/t22-/m1/s1. The number of amides is 2. The molecule has 34 heavy (non-hydrogen) atoms. The summed E-state index contributed by atoms with van der Waals surface area (Å²) < 4.78 is 2.42. The molecule has 0 spiro atoms. The molecule has 2 heterocycles. The Morgan fingerprint density at radius 2 is 1.85 bits per heavy atom. The summed E-state index contributed by atoms with van der Waals surface area (Å²) in [7, 11) is 0. The summed E-state index contributed by atoms with van der Waals surface area (Å²) in [5.74, 6) is -0.567. The van der Waals surface area contributed by atoms with Gasteiger partial charge in [-0.2, -0.15) is 0 Å². The number of nitrogens with one attached hydrogen (secondary N) is 2. The fourth-order valence-corrected chi connectivity index (χ4v) is 4.33. The summed E-state index contributed by atoms with van der Waals surface area (Å²) in [6.07, 6.45) is 3.22. The smallest absolute Gasteiger partial charge is 0.348 e. The third-order valence-electron chi connectivity index (χ3n) is 6.17. The molecule has 0 saturated heterocycles. The van der Waals surface area contributed by atoms with Crippen LogP contribution in [-0.2, 0) is 24.3 Å². The van der Waals surface area contributed by atoms with E-state index in [1.807, 2.05) is 49.4 Å². The predicted molar refractivity (Wildman–Crippen MR) is 127 cm³/mol. The summed E-state index contributed by atoms with van der Waals surface area (Å²) in [4.78, 5) is 38.1. The molecule has 1 atom stereocenters. The minimum atomic E-state index is -0.467. The van der Waals surface area contributed by atoms with Gasteiger partial charge in [0.2, 0.25) is 5.91 Å². The Hall–Kier alpha value is -4.20. The van der Waals surface area contributed by atoms with E-state index in [-0.39, 0.29) is 24.4 Å². The first kappa shape index (κ1) is 21.6. The van der Waals surface area contributed by atoms with Crippen molar-refractivity contribution in [3.05, 3.63) is 105 Å². The van der Waals surface area contributed by atoms with Gasteiger partial charge in [0.25, 0.3) is 5.91 Å². The molecule has 8 heteroatoms. The largest absolute Gasteiger partial charge is 0.350 e. The molecule has 8 nitrogen and oxygen atoms in total. The molecule has 2 N–H and O–H groups in total. The van der Waals surface area contributed by atoms with Gasteiger partial charge in [0.1, 0.15) is 6.54 Å². The third-order valence-corrected chi connectivity index (χ3v) is 6.17. The van der Waals surface area contributed by atoms with Crippen LogP contribution in [0.25, 0.3) is 5.65 Å². The first-order valence-corrected chi connectivity index (χ1v) is 11.3. The van der Waals surface area contributed by atoms with E-state index in [0.29, 0.717) is 17.8 Å². The van der Waals surface area contributed by atoms with Crippen LogP contribution < -0.4 is 16.3 Å². The van der Waals surface area contributed by atoms with Crippen LogP contribution in [0.4, 0.5) is 0 Å². The predicted octanol–water partition coefficient (Wildman–Crippen LogP) is 2.54. The molecule has 1 aliphatic rings. The van der Waals surface area contributed by atoms with Crippen molar-refractivity contribution in [1.82, 2.24) is 24.8 Å². The van der Waals surface area contributed by atoms with E-state index in [2.05, 4.69) is 21.8 Å². The van der Waals surface area contributed by atoms with Crippen LogP contribution in [0, 0.1) is 6.92 Å². The quantitative estimate of drug-likeness (QED) is 0.467. The molecule has 0 fully saturated rings. The molecule has 2 amide bonds. The molecule has 0 saturated carbocycles. The lowest BCUT2D eigenvalue weighted by Gasteiger charge is -2.13. The fourth-order valence-electron chi connectivity index (χ4n) is 4.33. The summed E-state index contributed by atoms with van der Waals surface area (Å²) in [6, 6.07) is 19.1. The van der Waals surface area contributed by atoms with E-state index in [4.69, 9.17) is 0 Å². The molecule has 172 valence electrons. The van der Waals surface area contributed by atoms with E-state index in [1.165, 1.54) is 16.2 Å². The average Bonchev–Trinajstić information content (AvgIpc) is 3.39. The number of pyridine rings is 1. The summed E-state index contributed by atoms with van der Waals surface area (Å²) in [5, 5.41) is 10.1. The monoisotopic (exact) mass is 455 g/mol. The zero-order chi connectivity index (χ0) is 23.7. The van der Waals surface area contributed by atoms with Crippen molar-refractivity contribution in [2.45, 2.75) is 38.9 Å². The highest BCUT2D eigenvalue weighted by atomic mass is 16.2. The second kappa shape index (κ2) is 8.97. The average molecular weight is 456 g/mol. The Kier molecular flexibility index (Phi) is 5.71. The zero-order valence-electron chi connectivity index (χ0n) is 18.8. The number of rotatable bonds is 6. The van der Waals surface area contributed by atoms with E-state index in [1.54, 1.807) is 12.1 Å². The van der Waals surface area contributed by atoms with Crippen molar-refractivity contribution in [3.8, 4) is 0 Å². The summed E-state index contributed by atoms with van der Waals surface area (Å²) >= 11 is 0. The Morgan fingerprint density at radius 1 is 1.06 bits per heavy atom. The molecule has 0 aliphatic heterocycles. The van der Waals surface area contributed by atoms with E-state index in [9.17, 15) is 14.4 Å². The first-order valence-electron chi connectivity index (χ1n) is 11.3. The summed E-state index contributed by atoms with van der Waals surface area (Å²) in [6.45, 7) is 2.21. The number of benzene rings is 2. The molecule has 0 unspecified atom stereocenters. The first-order chi connectivity index (χ1) is 16.5. The van der Waals surface area contributed by atoms with Gasteiger partial charge in [-0.05, 0) is 48.6 Å². The molecular weight excluding hydrogens is 430 g/mol. The van der Waals surface area contributed by atoms with Crippen LogP contribution in [0.1, 0.15) is 45.1 Å². The number of fused-ring (bicyclic) bond motifs is 2. The van der Waals surface area contributed by atoms with Gasteiger partial charge < -0.3 is 10.6 Å². The Labute approximate surface area is 196 Å². The van der Waals surface area contributed by atoms with Crippen LogP contribution >= 0.6 is 0 Å². The number of hydrogen-bond acceptors (Lipinski definition) is 4. The van der Waals surface area contributed by atoms with Crippen molar-refractivity contribution in [3.63, 3.8) is 0 Å². The third kappa shape index (κ3) is 4.34. The highest BCUT2D eigenvalue weighted by molar-refractivity contribution is 5.94. The van der Waals surface area contributed by atoms with Crippen LogP contribution in [0.5, 0.6) is 0 Å². The molecule has 2 aromatic carbocycles. The molecule has 2 aromatic heterocycles. The lowest BCUT2D eigenvalue weighted by Crippen LogP contribution is -2.34. The zero-order valence-corrected chi connectivity index (χ0v) is 18.8. The maximum atomic E-state index is 12.8. The lowest BCUT2D eigenvalue weighted by molar-refractivity contribution is -0.122. The molecule has 0 bridgehead atoms. The Bertz CT molecular complexity index is 1440. The van der Waals surface area contributed by atoms with Gasteiger partial charge in [0.05, 0.1) is 11.6 Å². The molecule has 5 rings (SSSR count). The van der Waals surface area contributed by atoms with E-state index < -0.39 is 5.69 Å². The van der Waals surface area contributed by atoms with Crippen molar-refractivity contribution in [2.75, 3.05) is 0 Å². The maximum Gasteiger partial charge on any atom is 0.350 e. The van der Waals surface area contributed by atoms with Gasteiger partial charge in [-0.3, -0.25) is 9.59 Å². The minimum Gasteiger partial charge on any atom is -0.348 e. The highest BCUT2D eigenvalue weighted by Crippen LogP contribution is 2.30.